The molecule has 0 amide bonds. The number of benzene rings is 6. The van der Waals surface area contributed by atoms with Crippen LogP contribution in [0.25, 0.3) is 86.8 Å². The fourth-order valence-corrected chi connectivity index (χ4v) is 7.33. The van der Waals surface area contributed by atoms with Crippen molar-refractivity contribution >= 4 is 64.7 Å². The highest BCUT2D eigenvalue weighted by Crippen LogP contribution is 2.41. The van der Waals surface area contributed by atoms with Gasteiger partial charge in [0.1, 0.15) is 16.6 Å². The summed E-state index contributed by atoms with van der Waals surface area (Å²) in [5, 5.41) is 3.60. The molecule has 3 heterocycles. The summed E-state index contributed by atoms with van der Waals surface area (Å²) in [5.74, 6) is 0. The molecule has 6 aromatic carbocycles. The molecule has 0 unspecified atom stereocenters. The molecular formula is C38H22N2OS. The summed E-state index contributed by atoms with van der Waals surface area (Å²) >= 11 is 1.86. The number of aromatic nitrogens is 2. The van der Waals surface area contributed by atoms with Crippen molar-refractivity contribution in [3.63, 3.8) is 0 Å². The summed E-state index contributed by atoms with van der Waals surface area (Å²) in [4.78, 5) is 10.0. The van der Waals surface area contributed by atoms with E-state index in [9.17, 15) is 0 Å². The van der Waals surface area contributed by atoms with E-state index in [-0.39, 0.29) is 0 Å². The van der Waals surface area contributed by atoms with Crippen LogP contribution in [0.2, 0.25) is 0 Å². The van der Waals surface area contributed by atoms with Gasteiger partial charge in [-0.25, -0.2) is 9.97 Å². The molecule has 0 saturated heterocycles. The summed E-state index contributed by atoms with van der Waals surface area (Å²) in [6.45, 7) is 0. The zero-order chi connectivity index (χ0) is 27.6. The Bertz CT molecular complexity index is 2470. The molecule has 0 atom stereocenters. The van der Waals surface area contributed by atoms with Crippen molar-refractivity contribution in [3.8, 4) is 33.4 Å². The van der Waals surface area contributed by atoms with E-state index in [1.54, 1.807) is 0 Å². The van der Waals surface area contributed by atoms with Crippen LogP contribution in [-0.2, 0) is 0 Å². The van der Waals surface area contributed by atoms with E-state index in [2.05, 4.69) is 97.1 Å². The number of furan rings is 1. The van der Waals surface area contributed by atoms with Gasteiger partial charge >= 0.3 is 0 Å². The molecule has 0 saturated carbocycles. The van der Waals surface area contributed by atoms with E-state index in [0.29, 0.717) is 5.71 Å². The molecule has 196 valence electrons. The van der Waals surface area contributed by atoms with Crippen LogP contribution in [0.5, 0.6) is 0 Å². The number of fused-ring (bicyclic) bond motifs is 7. The normalized spacial score (nSPS) is 11.8. The summed E-state index contributed by atoms with van der Waals surface area (Å²) in [6, 6.07) is 46.9. The van der Waals surface area contributed by atoms with Crippen LogP contribution in [0.4, 0.5) is 0 Å². The average Bonchev–Trinajstić information content (AvgIpc) is 3.61. The fourth-order valence-electron chi connectivity index (χ4n) is 6.09. The Labute approximate surface area is 245 Å². The SMILES string of the molecule is c1ccc(-c2cccc3nc4c(nc23)oc2ccc(-c3cccc(-c5cccc6c5sc5ccccc56)c3)cc24)cc1. The first-order chi connectivity index (χ1) is 20.8. The van der Waals surface area contributed by atoms with E-state index in [1.165, 1.54) is 31.3 Å². The molecule has 0 spiro atoms. The second-order valence-electron chi connectivity index (χ2n) is 10.6. The van der Waals surface area contributed by atoms with Crippen LogP contribution < -0.4 is 0 Å². The third kappa shape index (κ3) is 3.59. The largest absolute Gasteiger partial charge is 0.436 e. The minimum absolute atomic E-state index is 0.559. The second kappa shape index (κ2) is 9.10. The number of hydrogen-bond acceptors (Lipinski definition) is 4. The van der Waals surface area contributed by atoms with Crippen molar-refractivity contribution in [2.45, 2.75) is 0 Å². The Hall–Kier alpha value is -5.32. The molecule has 0 aliphatic heterocycles. The van der Waals surface area contributed by atoms with Gasteiger partial charge in [0.2, 0.25) is 5.71 Å². The molecule has 0 aliphatic carbocycles. The van der Waals surface area contributed by atoms with Gasteiger partial charge in [-0.1, -0.05) is 103 Å². The zero-order valence-corrected chi connectivity index (χ0v) is 23.2. The van der Waals surface area contributed by atoms with Gasteiger partial charge in [0.15, 0.2) is 0 Å². The smallest absolute Gasteiger partial charge is 0.246 e. The lowest BCUT2D eigenvalue weighted by atomic mass is 9.97. The molecule has 4 heteroatoms. The molecule has 42 heavy (non-hydrogen) atoms. The Morgan fingerprint density at radius 3 is 2.17 bits per heavy atom. The lowest BCUT2D eigenvalue weighted by molar-refractivity contribution is 0.655. The van der Waals surface area contributed by atoms with Crippen molar-refractivity contribution in [1.82, 2.24) is 9.97 Å². The molecule has 9 rings (SSSR count). The number of nitrogens with zero attached hydrogens (tertiary/aromatic N) is 2. The molecule has 0 N–H and O–H groups in total. The van der Waals surface area contributed by atoms with E-state index < -0.39 is 0 Å². The quantitative estimate of drug-likeness (QED) is 0.218. The van der Waals surface area contributed by atoms with Gasteiger partial charge in [0, 0.05) is 31.1 Å². The predicted molar refractivity (Wildman–Crippen MR) is 176 cm³/mol. The third-order valence-corrected chi connectivity index (χ3v) is 9.32. The molecular weight excluding hydrogens is 532 g/mol. The molecule has 0 fully saturated rings. The first kappa shape index (κ1) is 23.4. The summed E-state index contributed by atoms with van der Waals surface area (Å²) in [7, 11) is 0. The molecule has 3 aromatic heterocycles. The van der Waals surface area contributed by atoms with Gasteiger partial charge in [0.05, 0.1) is 5.52 Å². The Balaban J connectivity index is 1.18. The zero-order valence-electron chi connectivity index (χ0n) is 22.4. The second-order valence-corrected chi connectivity index (χ2v) is 11.6. The summed E-state index contributed by atoms with van der Waals surface area (Å²) in [6.07, 6.45) is 0. The van der Waals surface area contributed by atoms with E-state index in [1.807, 2.05) is 47.7 Å². The van der Waals surface area contributed by atoms with Crippen LogP contribution in [0.15, 0.2) is 138 Å². The average molecular weight is 555 g/mol. The van der Waals surface area contributed by atoms with E-state index in [4.69, 9.17) is 14.4 Å². The van der Waals surface area contributed by atoms with Crippen molar-refractivity contribution in [1.29, 1.82) is 0 Å². The molecule has 0 bridgehead atoms. The van der Waals surface area contributed by atoms with Crippen LogP contribution in [0.1, 0.15) is 0 Å². The van der Waals surface area contributed by atoms with Crippen LogP contribution in [-0.4, -0.2) is 9.97 Å². The number of rotatable bonds is 3. The fraction of sp³-hybridized carbons (Fsp3) is 0. The van der Waals surface area contributed by atoms with Gasteiger partial charge in [-0.05, 0) is 58.1 Å². The lowest BCUT2D eigenvalue weighted by Gasteiger charge is -2.08. The van der Waals surface area contributed by atoms with Crippen molar-refractivity contribution in [2.75, 3.05) is 0 Å². The molecule has 3 nitrogen and oxygen atoms in total. The van der Waals surface area contributed by atoms with E-state index >= 15 is 0 Å². The van der Waals surface area contributed by atoms with Gasteiger partial charge in [-0.3, -0.25) is 0 Å². The van der Waals surface area contributed by atoms with Crippen LogP contribution >= 0.6 is 11.3 Å². The molecule has 0 radical (unpaired) electrons. The Morgan fingerprint density at radius 2 is 1.21 bits per heavy atom. The first-order valence-corrected chi connectivity index (χ1v) is 14.8. The topological polar surface area (TPSA) is 38.9 Å². The molecule has 9 aromatic rings. The Kier molecular flexibility index (Phi) is 5.07. The van der Waals surface area contributed by atoms with Gasteiger partial charge in [-0.15, -0.1) is 11.3 Å². The van der Waals surface area contributed by atoms with Crippen LogP contribution in [0.3, 0.4) is 0 Å². The monoisotopic (exact) mass is 554 g/mol. The first-order valence-electron chi connectivity index (χ1n) is 14.0. The highest BCUT2D eigenvalue weighted by Gasteiger charge is 2.16. The predicted octanol–water partition coefficient (Wildman–Crippen LogP) is 10.9. The maximum atomic E-state index is 6.24. The number of thiophene rings is 1. The van der Waals surface area contributed by atoms with Crippen molar-refractivity contribution in [2.24, 2.45) is 0 Å². The maximum Gasteiger partial charge on any atom is 0.246 e. The minimum Gasteiger partial charge on any atom is -0.436 e. The number of hydrogen-bond donors (Lipinski definition) is 0. The van der Waals surface area contributed by atoms with Gasteiger partial charge in [0.25, 0.3) is 0 Å². The summed E-state index contributed by atoms with van der Waals surface area (Å²) < 4.78 is 8.88. The van der Waals surface area contributed by atoms with E-state index in [0.717, 1.165) is 49.8 Å². The van der Waals surface area contributed by atoms with Gasteiger partial charge < -0.3 is 4.42 Å². The van der Waals surface area contributed by atoms with Crippen molar-refractivity contribution < 1.29 is 4.42 Å². The van der Waals surface area contributed by atoms with Gasteiger partial charge in [-0.2, -0.15) is 0 Å². The highest BCUT2D eigenvalue weighted by molar-refractivity contribution is 7.26. The summed E-state index contributed by atoms with van der Waals surface area (Å²) in [5.41, 5.74) is 10.7. The Morgan fingerprint density at radius 1 is 0.476 bits per heavy atom. The third-order valence-electron chi connectivity index (χ3n) is 8.10. The highest BCUT2D eigenvalue weighted by atomic mass is 32.1. The maximum absolute atomic E-state index is 6.24. The van der Waals surface area contributed by atoms with Crippen molar-refractivity contribution in [3.05, 3.63) is 133 Å². The lowest BCUT2D eigenvalue weighted by Crippen LogP contribution is -1.88. The molecule has 0 aliphatic rings. The number of para-hydroxylation sites is 1. The van der Waals surface area contributed by atoms with Crippen LogP contribution in [0, 0.1) is 0 Å². The minimum atomic E-state index is 0.559. The standard InChI is InChI=1S/C38H22N2OS/c1-2-9-23(10-3-1)27-14-8-17-32-35(27)40-38-36(39-32)31-22-25(19-20-33(31)41-38)24-11-6-12-26(21-24)28-15-7-16-30-29-13-4-5-18-34(29)42-37(28)30/h1-22H.